The summed E-state index contributed by atoms with van der Waals surface area (Å²) in [5, 5.41) is 8.29. The van der Waals surface area contributed by atoms with Gasteiger partial charge in [-0.15, -0.1) is 11.3 Å². The molecule has 0 saturated heterocycles. The van der Waals surface area contributed by atoms with Gasteiger partial charge in [0.15, 0.2) is 12.7 Å². The largest absolute Gasteiger partial charge is 0.337 e. The third kappa shape index (κ3) is 3.67. The molecule has 0 saturated carbocycles. The van der Waals surface area contributed by atoms with Crippen molar-refractivity contribution in [3.8, 4) is 0 Å². The summed E-state index contributed by atoms with van der Waals surface area (Å²) in [6.45, 7) is 5.19. The van der Waals surface area contributed by atoms with Gasteiger partial charge in [-0.1, -0.05) is 23.1 Å². The second kappa shape index (κ2) is 8.62. The zero-order valence-corrected chi connectivity index (χ0v) is 21.1. The summed E-state index contributed by atoms with van der Waals surface area (Å²) in [6, 6.07) is 5.42. The van der Waals surface area contributed by atoms with Crippen LogP contribution in [0, 0.1) is 12.7 Å². The van der Waals surface area contributed by atoms with Crippen molar-refractivity contribution in [1.29, 1.82) is 0 Å². The summed E-state index contributed by atoms with van der Waals surface area (Å²) in [4.78, 5) is 16.2. The normalized spacial score (nSPS) is 15.6. The number of nitrogens with zero attached hydrogens (tertiary/aromatic N) is 3. The number of fused-ring (bicyclic) bond motifs is 1. The standard InChI is InChI=1S/C23H21FN3OS4/c1-4-27-19(11-18-26(8-10-30-18)12-15-7-9-29-13-15)31-21(22(27)28)23-25(3)17-6-5-16(24)14(2)20(17)32-23/h5-11,13H,4,12H2,1-3H3/q+1/b23-21+. The summed E-state index contributed by atoms with van der Waals surface area (Å²) in [6.07, 6.45) is 4.19. The van der Waals surface area contributed by atoms with Gasteiger partial charge in [-0.2, -0.15) is 15.9 Å². The fourth-order valence-electron chi connectivity index (χ4n) is 3.73. The summed E-state index contributed by atoms with van der Waals surface area (Å²) in [7, 11) is 1.94. The van der Waals surface area contributed by atoms with Crippen molar-refractivity contribution in [2.24, 2.45) is 0 Å². The summed E-state index contributed by atoms with van der Waals surface area (Å²) < 4.78 is 19.8. The van der Waals surface area contributed by atoms with Gasteiger partial charge in [0.2, 0.25) is 0 Å². The summed E-state index contributed by atoms with van der Waals surface area (Å²) >= 11 is 6.35. The molecule has 4 aromatic rings. The van der Waals surface area contributed by atoms with Gasteiger partial charge in [-0.25, -0.2) is 4.39 Å². The van der Waals surface area contributed by atoms with Crippen molar-refractivity contribution < 1.29 is 8.96 Å². The van der Waals surface area contributed by atoms with Crippen LogP contribution in [0.5, 0.6) is 0 Å². The maximum atomic E-state index is 14.1. The van der Waals surface area contributed by atoms with Crippen molar-refractivity contribution in [1.82, 2.24) is 4.57 Å². The van der Waals surface area contributed by atoms with E-state index in [2.05, 4.69) is 39.0 Å². The number of anilines is 1. The van der Waals surface area contributed by atoms with Crippen molar-refractivity contribution >= 4 is 62.6 Å². The fraction of sp³-hybridized carbons (Fsp3) is 0.217. The van der Waals surface area contributed by atoms with Crippen molar-refractivity contribution in [3.05, 3.63) is 82.0 Å². The maximum Gasteiger partial charge on any atom is 0.271 e. The van der Waals surface area contributed by atoms with E-state index in [1.807, 2.05) is 23.4 Å². The lowest BCUT2D eigenvalue weighted by atomic mass is 10.2. The summed E-state index contributed by atoms with van der Waals surface area (Å²) in [5.41, 5.74) is 2.84. The Bertz CT molecular complexity index is 1480. The number of thiazole rings is 2. The Kier molecular flexibility index (Phi) is 5.83. The van der Waals surface area contributed by atoms with E-state index >= 15 is 0 Å². The van der Waals surface area contributed by atoms with Gasteiger partial charge in [0.1, 0.15) is 20.0 Å². The molecule has 0 fully saturated rings. The van der Waals surface area contributed by atoms with E-state index in [1.54, 1.807) is 35.7 Å². The topological polar surface area (TPSA) is 29.1 Å². The van der Waals surface area contributed by atoms with Crippen LogP contribution in [0.2, 0.25) is 0 Å². The smallest absolute Gasteiger partial charge is 0.271 e. The number of hydrogen-bond donors (Lipinski definition) is 0. The highest BCUT2D eigenvalue weighted by molar-refractivity contribution is 8.08. The zero-order chi connectivity index (χ0) is 22.4. The molecular weight excluding hydrogens is 482 g/mol. The number of thioether (sulfide) groups is 1. The van der Waals surface area contributed by atoms with Crippen molar-refractivity contribution in [3.63, 3.8) is 0 Å². The van der Waals surface area contributed by atoms with Crippen LogP contribution in [0.25, 0.3) is 11.1 Å². The van der Waals surface area contributed by atoms with Crippen LogP contribution in [0.3, 0.4) is 0 Å². The van der Waals surface area contributed by atoms with Gasteiger partial charge in [-0.3, -0.25) is 9.36 Å². The van der Waals surface area contributed by atoms with Gasteiger partial charge < -0.3 is 4.90 Å². The van der Waals surface area contributed by atoms with E-state index in [0.717, 1.165) is 31.8 Å². The van der Waals surface area contributed by atoms with Gasteiger partial charge >= 0.3 is 0 Å². The van der Waals surface area contributed by atoms with Crippen LogP contribution < -0.4 is 24.2 Å². The van der Waals surface area contributed by atoms with E-state index in [4.69, 9.17) is 0 Å². The van der Waals surface area contributed by atoms with E-state index < -0.39 is 0 Å². The zero-order valence-electron chi connectivity index (χ0n) is 17.8. The molecule has 0 spiro atoms. The first-order valence-electron chi connectivity index (χ1n) is 10.1. The van der Waals surface area contributed by atoms with E-state index in [1.165, 1.54) is 34.7 Å². The van der Waals surface area contributed by atoms with Gasteiger partial charge in [0.05, 0.1) is 17.1 Å². The highest BCUT2D eigenvalue weighted by atomic mass is 32.2. The molecule has 0 unspecified atom stereocenters. The molecule has 0 amide bonds. The molecule has 3 aromatic heterocycles. The Hall–Kier alpha value is -2.20. The van der Waals surface area contributed by atoms with Crippen LogP contribution >= 0.6 is 45.8 Å². The lowest BCUT2D eigenvalue weighted by Gasteiger charge is -2.12. The molecule has 0 aliphatic carbocycles. The molecular formula is C23H21FN3OS4+. The first-order chi connectivity index (χ1) is 15.5. The van der Waals surface area contributed by atoms with Crippen molar-refractivity contribution in [2.45, 2.75) is 31.8 Å². The van der Waals surface area contributed by atoms with Crippen LogP contribution in [-0.4, -0.2) is 11.6 Å². The van der Waals surface area contributed by atoms with Crippen LogP contribution in [0.15, 0.2) is 50.2 Å². The molecule has 9 heteroatoms. The monoisotopic (exact) mass is 502 g/mol. The summed E-state index contributed by atoms with van der Waals surface area (Å²) in [5.74, 6) is -0.218. The first kappa shape index (κ1) is 21.6. The first-order valence-corrected chi connectivity index (χ1v) is 13.6. The number of halogens is 1. The highest BCUT2D eigenvalue weighted by Gasteiger charge is 2.27. The molecule has 4 nitrogen and oxygen atoms in total. The molecule has 4 heterocycles. The Morgan fingerprint density at radius 3 is 2.81 bits per heavy atom. The number of benzene rings is 1. The van der Waals surface area contributed by atoms with E-state index in [-0.39, 0.29) is 11.4 Å². The molecule has 1 aliphatic heterocycles. The van der Waals surface area contributed by atoms with E-state index in [0.29, 0.717) is 16.6 Å². The quantitative estimate of drug-likeness (QED) is 0.396. The van der Waals surface area contributed by atoms with Crippen LogP contribution in [0.1, 0.15) is 23.1 Å². The third-order valence-electron chi connectivity index (χ3n) is 5.50. The SMILES string of the molecule is CCn1c(=O)/c(=C2\Sc3c(ccc(F)c3C)N2C)s/c1=C\c1scc[n+]1Cc1ccsc1. The minimum Gasteiger partial charge on any atom is -0.337 e. The molecule has 164 valence electrons. The minimum absolute atomic E-state index is 0.00460. The lowest BCUT2D eigenvalue weighted by Crippen LogP contribution is -2.36. The second-order valence-electron chi connectivity index (χ2n) is 7.45. The van der Waals surface area contributed by atoms with E-state index in [9.17, 15) is 9.18 Å². The molecule has 0 N–H and O–H groups in total. The number of aromatic nitrogens is 2. The molecule has 0 atom stereocenters. The number of rotatable bonds is 4. The van der Waals surface area contributed by atoms with Gasteiger partial charge in [0, 0.05) is 35.0 Å². The highest BCUT2D eigenvalue weighted by Crippen LogP contribution is 2.47. The molecule has 1 aromatic carbocycles. The Morgan fingerprint density at radius 2 is 2.06 bits per heavy atom. The predicted octanol–water partition coefficient (Wildman–Crippen LogP) is 3.97. The van der Waals surface area contributed by atoms with Gasteiger partial charge in [0.25, 0.3) is 10.6 Å². The van der Waals surface area contributed by atoms with Gasteiger partial charge in [-0.05, 0) is 37.4 Å². The second-order valence-corrected chi connectivity index (χ2v) is 11.2. The average molecular weight is 503 g/mol. The lowest BCUT2D eigenvalue weighted by molar-refractivity contribution is -0.685. The number of thiophene rings is 1. The maximum absolute atomic E-state index is 14.1. The molecule has 0 radical (unpaired) electrons. The van der Waals surface area contributed by atoms with Crippen LogP contribution in [0.4, 0.5) is 10.1 Å². The predicted molar refractivity (Wildman–Crippen MR) is 134 cm³/mol. The Labute approximate surface area is 201 Å². The molecule has 1 aliphatic rings. The minimum atomic E-state index is -0.218. The van der Waals surface area contributed by atoms with Crippen molar-refractivity contribution in [2.75, 3.05) is 11.9 Å². The Balaban J connectivity index is 1.64. The molecule has 32 heavy (non-hydrogen) atoms. The molecule has 0 bridgehead atoms. The Morgan fingerprint density at radius 1 is 1.22 bits per heavy atom. The number of hydrogen-bond acceptors (Lipinski definition) is 6. The average Bonchev–Trinajstić information content (AvgIpc) is 3.55. The van der Waals surface area contributed by atoms with Crippen LogP contribution in [-0.2, 0) is 13.1 Å². The molecule has 5 rings (SSSR count). The fourth-order valence-corrected chi connectivity index (χ4v) is 7.80. The third-order valence-corrected chi connectivity index (χ3v) is 9.72.